The normalized spacial score (nSPS) is 12.0. The lowest BCUT2D eigenvalue weighted by molar-refractivity contribution is 1.27. The molecule has 0 rings (SSSR count). The van der Waals surface area contributed by atoms with E-state index in [1.54, 1.807) is 0 Å². The smallest absolute Gasteiger partial charge is 0.0480 e. The molecule has 0 saturated heterocycles. The maximum Gasteiger partial charge on any atom is 0.0480 e. The van der Waals surface area contributed by atoms with Crippen molar-refractivity contribution in [2.75, 3.05) is 12.3 Å². The van der Waals surface area contributed by atoms with Crippen LogP contribution >= 0.6 is 18.5 Å². The van der Waals surface area contributed by atoms with Crippen molar-refractivity contribution in [2.24, 2.45) is 0 Å². The van der Waals surface area contributed by atoms with E-state index in [1.165, 1.54) is 24.4 Å². The SMILES string of the molecule is C[Si](C)(CCP)CCP. The molecule has 0 aromatic rings. The van der Waals surface area contributed by atoms with Gasteiger partial charge in [0.05, 0.1) is 0 Å². The Labute approximate surface area is 64.6 Å². The van der Waals surface area contributed by atoms with Gasteiger partial charge in [-0.25, -0.2) is 0 Å². The highest BCUT2D eigenvalue weighted by Gasteiger charge is 2.16. The molecule has 0 aliphatic heterocycles. The second-order valence-electron chi connectivity index (χ2n) is 3.24. The van der Waals surface area contributed by atoms with Crippen molar-refractivity contribution in [3.63, 3.8) is 0 Å². The molecule has 0 nitrogen and oxygen atoms in total. The summed E-state index contributed by atoms with van der Waals surface area (Å²) in [5.74, 6) is 0. The Bertz CT molecular complexity index is 65.5. The fourth-order valence-corrected chi connectivity index (χ4v) is 7.41. The van der Waals surface area contributed by atoms with E-state index in [4.69, 9.17) is 0 Å². The third-order valence-corrected chi connectivity index (χ3v) is 6.66. The largest absolute Gasteiger partial charge is 0.138 e. The standard InChI is InChI=1S/C6H18P2Si/c1-9(2,5-3-7)6-4-8/h3-8H2,1-2H3. The molecule has 0 aromatic heterocycles. The van der Waals surface area contributed by atoms with Crippen LogP contribution in [0.25, 0.3) is 0 Å². The number of hydrogen-bond donors (Lipinski definition) is 0. The van der Waals surface area contributed by atoms with Crippen LogP contribution in [0.3, 0.4) is 0 Å². The zero-order valence-electron chi connectivity index (χ0n) is 6.48. The zero-order chi connectivity index (χ0) is 7.33. The van der Waals surface area contributed by atoms with Crippen molar-refractivity contribution < 1.29 is 0 Å². The Kier molecular flexibility index (Phi) is 5.40. The van der Waals surface area contributed by atoms with E-state index in [0.29, 0.717) is 0 Å². The van der Waals surface area contributed by atoms with Crippen LogP contribution in [0.15, 0.2) is 0 Å². The van der Waals surface area contributed by atoms with Crippen LogP contribution in [0, 0.1) is 0 Å². The predicted octanol–water partition coefficient (Wildman–Crippen LogP) is 2.45. The molecule has 0 amide bonds. The van der Waals surface area contributed by atoms with Crippen molar-refractivity contribution in [2.45, 2.75) is 25.2 Å². The minimum absolute atomic E-state index is 0.745. The summed E-state index contributed by atoms with van der Waals surface area (Å²) < 4.78 is 0. The highest BCUT2D eigenvalue weighted by Crippen LogP contribution is 2.17. The van der Waals surface area contributed by atoms with Gasteiger partial charge < -0.3 is 0 Å². The Morgan fingerprint density at radius 1 is 1.00 bits per heavy atom. The van der Waals surface area contributed by atoms with Gasteiger partial charge in [0.25, 0.3) is 0 Å². The van der Waals surface area contributed by atoms with E-state index in [-0.39, 0.29) is 0 Å². The molecule has 0 aliphatic rings. The summed E-state index contributed by atoms with van der Waals surface area (Å²) in [6, 6.07) is 2.93. The number of rotatable bonds is 4. The van der Waals surface area contributed by atoms with Gasteiger partial charge in [-0.15, -0.1) is 18.5 Å². The summed E-state index contributed by atoms with van der Waals surface area (Å²) in [7, 11) is 4.89. The molecular formula is C6H18P2Si. The van der Waals surface area contributed by atoms with Gasteiger partial charge in [-0.05, 0) is 12.3 Å². The molecule has 3 heteroatoms. The van der Waals surface area contributed by atoms with E-state index < -0.39 is 8.07 Å². The lowest BCUT2D eigenvalue weighted by atomic mass is 10.9. The first-order valence-electron chi connectivity index (χ1n) is 3.52. The van der Waals surface area contributed by atoms with Crippen LogP contribution in [0.5, 0.6) is 0 Å². The average Bonchev–Trinajstić information content (AvgIpc) is 1.64. The summed E-state index contributed by atoms with van der Waals surface area (Å²) in [5.41, 5.74) is 0. The van der Waals surface area contributed by atoms with Gasteiger partial charge in [0, 0.05) is 8.07 Å². The summed E-state index contributed by atoms with van der Waals surface area (Å²) in [4.78, 5) is 0. The Hall–Kier alpha value is 1.08. The van der Waals surface area contributed by atoms with Gasteiger partial charge in [-0.2, -0.15) is 0 Å². The Balaban J connectivity index is 3.43. The lowest BCUT2D eigenvalue weighted by Crippen LogP contribution is -2.25. The second-order valence-corrected chi connectivity index (χ2v) is 9.72. The molecule has 0 heterocycles. The Morgan fingerprint density at radius 3 is 1.56 bits per heavy atom. The summed E-state index contributed by atoms with van der Waals surface area (Å²) in [6.45, 7) is 4.95. The van der Waals surface area contributed by atoms with E-state index in [2.05, 4.69) is 31.6 Å². The minimum atomic E-state index is -0.745. The van der Waals surface area contributed by atoms with E-state index in [0.717, 1.165) is 0 Å². The molecule has 0 aliphatic carbocycles. The summed E-state index contributed by atoms with van der Waals surface area (Å²) in [5, 5.41) is 0. The highest BCUT2D eigenvalue weighted by atomic mass is 31.0. The van der Waals surface area contributed by atoms with Crippen LogP contribution in [0.1, 0.15) is 0 Å². The van der Waals surface area contributed by atoms with Gasteiger partial charge in [-0.1, -0.05) is 25.2 Å². The Morgan fingerprint density at radius 2 is 1.33 bits per heavy atom. The van der Waals surface area contributed by atoms with Crippen molar-refractivity contribution in [1.29, 1.82) is 0 Å². The van der Waals surface area contributed by atoms with Gasteiger partial charge >= 0.3 is 0 Å². The topological polar surface area (TPSA) is 0 Å². The van der Waals surface area contributed by atoms with Gasteiger partial charge in [0.2, 0.25) is 0 Å². The molecule has 2 unspecified atom stereocenters. The van der Waals surface area contributed by atoms with Crippen molar-refractivity contribution in [3.8, 4) is 0 Å². The van der Waals surface area contributed by atoms with Crippen LogP contribution in [0.2, 0.25) is 25.2 Å². The van der Waals surface area contributed by atoms with E-state index in [9.17, 15) is 0 Å². The summed E-state index contributed by atoms with van der Waals surface area (Å²) in [6.07, 6.45) is 2.59. The molecular weight excluding hydrogens is 162 g/mol. The first-order chi connectivity index (χ1) is 4.12. The van der Waals surface area contributed by atoms with Gasteiger partial charge in [-0.3, -0.25) is 0 Å². The van der Waals surface area contributed by atoms with Gasteiger partial charge in [0.1, 0.15) is 0 Å². The molecule has 0 aromatic carbocycles. The monoisotopic (exact) mass is 180 g/mol. The average molecular weight is 180 g/mol. The van der Waals surface area contributed by atoms with Crippen LogP contribution in [-0.4, -0.2) is 20.4 Å². The quantitative estimate of drug-likeness (QED) is 0.460. The first-order valence-corrected chi connectivity index (χ1v) is 8.57. The second kappa shape index (κ2) is 4.83. The molecule has 0 fully saturated rings. The highest BCUT2D eigenvalue weighted by molar-refractivity contribution is 7.17. The lowest BCUT2D eigenvalue weighted by Gasteiger charge is -2.19. The van der Waals surface area contributed by atoms with E-state index in [1.807, 2.05) is 0 Å². The van der Waals surface area contributed by atoms with Gasteiger partial charge in [0.15, 0.2) is 0 Å². The molecule has 0 saturated carbocycles. The molecule has 0 bridgehead atoms. The fourth-order valence-electron chi connectivity index (χ4n) is 0.906. The molecule has 56 valence electrons. The number of hydrogen-bond acceptors (Lipinski definition) is 0. The third-order valence-electron chi connectivity index (χ3n) is 1.64. The van der Waals surface area contributed by atoms with Crippen molar-refractivity contribution in [1.82, 2.24) is 0 Å². The minimum Gasteiger partial charge on any atom is -0.138 e. The van der Waals surface area contributed by atoms with Crippen LogP contribution in [-0.2, 0) is 0 Å². The maximum atomic E-state index is 2.82. The first kappa shape index (κ1) is 10.1. The molecule has 0 N–H and O–H groups in total. The summed E-state index contributed by atoms with van der Waals surface area (Å²) >= 11 is 0. The zero-order valence-corrected chi connectivity index (χ0v) is 9.79. The van der Waals surface area contributed by atoms with Crippen LogP contribution in [0.4, 0.5) is 0 Å². The fraction of sp³-hybridized carbons (Fsp3) is 1.00. The van der Waals surface area contributed by atoms with E-state index >= 15 is 0 Å². The van der Waals surface area contributed by atoms with Crippen LogP contribution < -0.4 is 0 Å². The van der Waals surface area contributed by atoms with Crippen molar-refractivity contribution >= 4 is 26.6 Å². The molecule has 2 atom stereocenters. The van der Waals surface area contributed by atoms with Crippen molar-refractivity contribution in [3.05, 3.63) is 0 Å². The maximum absolute atomic E-state index is 2.82. The molecule has 0 radical (unpaired) electrons. The molecule has 9 heavy (non-hydrogen) atoms. The third kappa shape index (κ3) is 5.52. The molecule has 0 spiro atoms. The predicted molar refractivity (Wildman–Crippen MR) is 56.3 cm³/mol.